The van der Waals surface area contributed by atoms with E-state index in [-0.39, 0.29) is 12.5 Å². The van der Waals surface area contributed by atoms with Crippen molar-refractivity contribution < 1.29 is 22.7 Å². The van der Waals surface area contributed by atoms with Crippen LogP contribution in [0.2, 0.25) is 0 Å². The molecule has 1 aliphatic carbocycles. The van der Waals surface area contributed by atoms with Crippen LogP contribution >= 0.6 is 0 Å². The Balaban J connectivity index is 2.01. The Bertz CT molecular complexity index is 540. The number of benzene rings is 1. The number of halogens is 3. The van der Waals surface area contributed by atoms with Crippen molar-refractivity contribution in [2.24, 2.45) is 0 Å². The number of hydrogen-bond donors (Lipinski definition) is 1. The highest BCUT2D eigenvalue weighted by Crippen LogP contribution is 2.40. The van der Waals surface area contributed by atoms with Crippen LogP contribution in [0.3, 0.4) is 0 Å². The zero-order chi connectivity index (χ0) is 15.6. The van der Waals surface area contributed by atoms with Gasteiger partial charge in [-0.25, -0.2) is 0 Å². The fraction of sp³-hybridized carbons (Fsp3) is 0.533. The summed E-state index contributed by atoms with van der Waals surface area (Å²) in [5.41, 5.74) is 3.43. The molecule has 1 aliphatic rings. The van der Waals surface area contributed by atoms with Crippen LogP contribution in [0.15, 0.2) is 12.1 Å². The Labute approximate surface area is 121 Å². The first kappa shape index (κ1) is 15.7. The fourth-order valence-corrected chi connectivity index (χ4v) is 3.00. The first-order chi connectivity index (χ1) is 9.84. The maximum atomic E-state index is 12.1. The van der Waals surface area contributed by atoms with Crippen LogP contribution < -0.4 is 10.1 Å². The molecule has 3 nitrogen and oxygen atoms in total. The van der Waals surface area contributed by atoms with Crippen molar-refractivity contribution in [3.05, 3.63) is 28.8 Å². The molecule has 0 bridgehead atoms. The minimum Gasteiger partial charge on any atom is -0.496 e. The molecule has 0 fully saturated rings. The molecule has 0 spiro atoms. The van der Waals surface area contributed by atoms with Gasteiger partial charge in [0, 0.05) is 6.54 Å². The van der Waals surface area contributed by atoms with Gasteiger partial charge in [0.2, 0.25) is 0 Å². The molecule has 1 atom stereocenters. The number of alkyl halides is 3. The molecule has 0 aliphatic heterocycles. The van der Waals surface area contributed by atoms with Crippen LogP contribution in [-0.2, 0) is 11.2 Å². The van der Waals surface area contributed by atoms with E-state index in [2.05, 4.69) is 0 Å². The number of nitrogens with one attached hydrogen (secondary N) is 1. The van der Waals surface area contributed by atoms with Crippen LogP contribution in [0, 0.1) is 6.92 Å². The third kappa shape index (κ3) is 3.31. The van der Waals surface area contributed by atoms with Crippen LogP contribution in [0.1, 0.15) is 35.4 Å². The Morgan fingerprint density at radius 3 is 2.76 bits per heavy atom. The Morgan fingerprint density at radius 2 is 2.14 bits per heavy atom. The second kappa shape index (κ2) is 5.95. The fourth-order valence-electron chi connectivity index (χ4n) is 3.00. The molecule has 0 saturated carbocycles. The second-order valence-corrected chi connectivity index (χ2v) is 5.24. The predicted molar refractivity (Wildman–Crippen MR) is 72.5 cm³/mol. The van der Waals surface area contributed by atoms with Gasteiger partial charge >= 0.3 is 12.1 Å². The topological polar surface area (TPSA) is 38.3 Å². The van der Waals surface area contributed by atoms with Crippen molar-refractivity contribution in [3.8, 4) is 5.75 Å². The molecule has 1 amide bonds. The van der Waals surface area contributed by atoms with Gasteiger partial charge in [-0.3, -0.25) is 4.79 Å². The predicted octanol–water partition coefficient (Wildman–Crippen LogP) is 3.10. The summed E-state index contributed by atoms with van der Waals surface area (Å²) in [6.07, 6.45) is -2.50. The number of fused-ring (bicyclic) bond motifs is 1. The molecule has 0 saturated heterocycles. The first-order valence-electron chi connectivity index (χ1n) is 6.86. The van der Waals surface area contributed by atoms with E-state index in [1.807, 2.05) is 24.4 Å². The number of carbonyl (C=O) groups is 1. The zero-order valence-electron chi connectivity index (χ0n) is 12.0. The van der Waals surface area contributed by atoms with Crippen molar-refractivity contribution in [1.82, 2.24) is 5.32 Å². The summed E-state index contributed by atoms with van der Waals surface area (Å²) in [6, 6.07) is 3.93. The highest BCUT2D eigenvalue weighted by Gasteiger charge is 2.38. The molecule has 1 N–H and O–H groups in total. The molecule has 2 rings (SSSR count). The van der Waals surface area contributed by atoms with E-state index >= 15 is 0 Å². The lowest BCUT2D eigenvalue weighted by molar-refractivity contribution is -0.173. The Morgan fingerprint density at radius 1 is 1.43 bits per heavy atom. The van der Waals surface area contributed by atoms with Crippen LogP contribution in [0.4, 0.5) is 13.2 Å². The first-order valence-corrected chi connectivity index (χ1v) is 6.86. The van der Waals surface area contributed by atoms with Gasteiger partial charge in [-0.1, -0.05) is 6.07 Å². The number of hydrogen-bond acceptors (Lipinski definition) is 2. The lowest BCUT2D eigenvalue weighted by atomic mass is 9.93. The van der Waals surface area contributed by atoms with Gasteiger partial charge in [0.1, 0.15) is 5.75 Å². The third-order valence-corrected chi connectivity index (χ3v) is 3.98. The average Bonchev–Trinajstić information content (AvgIpc) is 2.82. The van der Waals surface area contributed by atoms with E-state index in [0.717, 1.165) is 29.7 Å². The summed E-state index contributed by atoms with van der Waals surface area (Å²) in [7, 11) is 1.60. The number of rotatable bonds is 4. The van der Waals surface area contributed by atoms with Crippen LogP contribution in [-0.4, -0.2) is 25.7 Å². The van der Waals surface area contributed by atoms with Gasteiger partial charge in [0.15, 0.2) is 0 Å². The van der Waals surface area contributed by atoms with Gasteiger partial charge in [-0.05, 0) is 54.9 Å². The normalized spacial score (nSPS) is 17.5. The molecule has 6 heteroatoms. The summed E-state index contributed by atoms with van der Waals surface area (Å²) in [6.45, 7) is 1.99. The van der Waals surface area contributed by atoms with Crippen LogP contribution in [0.25, 0.3) is 0 Å². The number of ether oxygens (including phenoxy) is 1. The summed E-state index contributed by atoms with van der Waals surface area (Å²) in [5, 5.41) is 1.93. The summed E-state index contributed by atoms with van der Waals surface area (Å²) < 4.78 is 41.7. The molecule has 21 heavy (non-hydrogen) atoms. The quantitative estimate of drug-likeness (QED) is 0.928. The van der Waals surface area contributed by atoms with Gasteiger partial charge in [-0.2, -0.15) is 13.2 Å². The van der Waals surface area contributed by atoms with Gasteiger partial charge < -0.3 is 10.1 Å². The monoisotopic (exact) mass is 301 g/mol. The van der Waals surface area contributed by atoms with Crippen molar-refractivity contribution in [1.29, 1.82) is 0 Å². The smallest absolute Gasteiger partial charge is 0.471 e. The maximum absolute atomic E-state index is 12.1. The van der Waals surface area contributed by atoms with Crippen molar-refractivity contribution in [3.63, 3.8) is 0 Å². The summed E-state index contributed by atoms with van der Waals surface area (Å²) in [5.74, 6) is -0.910. The lowest BCUT2D eigenvalue weighted by Gasteiger charge is -2.17. The van der Waals surface area contributed by atoms with Crippen molar-refractivity contribution in [2.75, 3.05) is 13.7 Å². The van der Waals surface area contributed by atoms with E-state index in [1.54, 1.807) is 7.11 Å². The maximum Gasteiger partial charge on any atom is 0.471 e. The molecule has 0 heterocycles. The Kier molecular flexibility index (Phi) is 4.44. The van der Waals surface area contributed by atoms with Gasteiger partial charge in [0.05, 0.1) is 7.11 Å². The molecule has 1 aromatic carbocycles. The SMILES string of the molecule is COc1ccc2c(c1C)C(CCNC(=O)C(F)(F)F)CC2. The summed E-state index contributed by atoms with van der Waals surface area (Å²) in [4.78, 5) is 10.8. The largest absolute Gasteiger partial charge is 0.496 e. The molecular weight excluding hydrogens is 283 g/mol. The van der Waals surface area contributed by atoms with Gasteiger partial charge in [0.25, 0.3) is 0 Å². The van der Waals surface area contributed by atoms with E-state index in [4.69, 9.17) is 4.74 Å². The highest BCUT2D eigenvalue weighted by molar-refractivity contribution is 5.81. The number of carbonyl (C=O) groups excluding carboxylic acids is 1. The third-order valence-electron chi connectivity index (χ3n) is 3.98. The minimum atomic E-state index is -4.81. The van der Waals surface area contributed by atoms with Crippen molar-refractivity contribution in [2.45, 2.75) is 38.3 Å². The number of aryl methyl sites for hydroxylation is 1. The van der Waals surface area contributed by atoms with E-state index in [9.17, 15) is 18.0 Å². The zero-order valence-corrected chi connectivity index (χ0v) is 12.0. The lowest BCUT2D eigenvalue weighted by Crippen LogP contribution is -2.37. The number of amides is 1. The second-order valence-electron chi connectivity index (χ2n) is 5.24. The highest BCUT2D eigenvalue weighted by atomic mass is 19.4. The van der Waals surface area contributed by atoms with E-state index in [0.29, 0.717) is 6.42 Å². The van der Waals surface area contributed by atoms with E-state index in [1.165, 1.54) is 5.56 Å². The molecule has 1 aromatic rings. The van der Waals surface area contributed by atoms with Crippen molar-refractivity contribution >= 4 is 5.91 Å². The standard InChI is InChI=1S/C15H18F3NO2/c1-9-12(21-2)6-5-10-3-4-11(13(9)10)7-8-19-14(20)15(16,17)18/h5-6,11H,3-4,7-8H2,1-2H3,(H,19,20). The average molecular weight is 301 g/mol. The van der Waals surface area contributed by atoms with E-state index < -0.39 is 12.1 Å². The number of methoxy groups -OCH3 is 1. The molecule has 0 radical (unpaired) electrons. The van der Waals surface area contributed by atoms with Crippen LogP contribution in [0.5, 0.6) is 5.75 Å². The molecule has 0 aromatic heterocycles. The summed E-state index contributed by atoms with van der Waals surface area (Å²) >= 11 is 0. The molecule has 1 unspecified atom stereocenters. The Hall–Kier alpha value is -1.72. The van der Waals surface area contributed by atoms with Gasteiger partial charge in [-0.15, -0.1) is 0 Å². The molecule has 116 valence electrons. The minimum absolute atomic E-state index is 0.0269. The molecular formula is C15H18F3NO2.